The molecule has 2 aliphatic rings. The maximum atomic E-state index is 3.84. The Kier molecular flexibility index (Phi) is 3.08. The van der Waals surface area contributed by atoms with Gasteiger partial charge in [-0.05, 0) is 40.5 Å². The molecule has 2 rings (SSSR count). The van der Waals surface area contributed by atoms with Gasteiger partial charge in [0.2, 0.25) is 0 Å². The first-order valence-electron chi connectivity index (χ1n) is 6.10. The standard InChI is InChI=1S/C12H24N2S/c1-10(2)14-7-5-12(6-8-14)13-11(3,4)9-15-12/h10,13H,5-9H2,1-4H3. The average Bonchev–Trinajstić information content (AvgIpc) is 2.43. The number of rotatable bonds is 1. The van der Waals surface area contributed by atoms with Crippen LogP contribution >= 0.6 is 11.8 Å². The van der Waals surface area contributed by atoms with Gasteiger partial charge in [-0.1, -0.05) is 0 Å². The lowest BCUT2D eigenvalue weighted by Gasteiger charge is -2.41. The van der Waals surface area contributed by atoms with Crippen molar-refractivity contribution in [3.63, 3.8) is 0 Å². The summed E-state index contributed by atoms with van der Waals surface area (Å²) >= 11 is 2.15. The number of hydrogen-bond donors (Lipinski definition) is 1. The van der Waals surface area contributed by atoms with Gasteiger partial charge in [0.15, 0.2) is 0 Å². The highest BCUT2D eigenvalue weighted by molar-refractivity contribution is 8.01. The van der Waals surface area contributed by atoms with Crippen molar-refractivity contribution in [2.45, 2.75) is 57.0 Å². The highest BCUT2D eigenvalue weighted by atomic mass is 32.2. The first-order valence-corrected chi connectivity index (χ1v) is 7.08. The van der Waals surface area contributed by atoms with Gasteiger partial charge in [0, 0.05) is 30.4 Å². The van der Waals surface area contributed by atoms with Crippen molar-refractivity contribution < 1.29 is 0 Å². The third-order valence-corrected chi connectivity index (χ3v) is 5.54. The highest BCUT2D eigenvalue weighted by Gasteiger charge is 2.44. The molecule has 2 aliphatic heterocycles. The van der Waals surface area contributed by atoms with E-state index in [-0.39, 0.29) is 0 Å². The number of nitrogens with one attached hydrogen (secondary N) is 1. The largest absolute Gasteiger partial charge is 0.301 e. The summed E-state index contributed by atoms with van der Waals surface area (Å²) in [6.45, 7) is 11.8. The van der Waals surface area contributed by atoms with Gasteiger partial charge in [0.25, 0.3) is 0 Å². The SMILES string of the molecule is CC(C)N1CCC2(CC1)NC(C)(C)CS2. The Balaban J connectivity index is 1.93. The van der Waals surface area contributed by atoms with Crippen LogP contribution in [0.5, 0.6) is 0 Å². The first kappa shape index (κ1) is 11.7. The minimum absolute atomic E-state index is 0.338. The van der Waals surface area contributed by atoms with E-state index in [1.165, 1.54) is 31.7 Å². The topological polar surface area (TPSA) is 15.3 Å². The van der Waals surface area contributed by atoms with Gasteiger partial charge >= 0.3 is 0 Å². The number of likely N-dealkylation sites (tertiary alicyclic amines) is 1. The number of nitrogens with zero attached hydrogens (tertiary/aromatic N) is 1. The summed E-state index contributed by atoms with van der Waals surface area (Å²) in [5.74, 6) is 1.26. The molecule has 0 unspecified atom stereocenters. The molecule has 2 saturated heterocycles. The lowest BCUT2D eigenvalue weighted by atomic mass is 9.99. The van der Waals surface area contributed by atoms with Crippen LogP contribution < -0.4 is 5.32 Å². The monoisotopic (exact) mass is 228 g/mol. The van der Waals surface area contributed by atoms with Gasteiger partial charge in [0.1, 0.15) is 0 Å². The van der Waals surface area contributed by atoms with Crippen molar-refractivity contribution in [1.29, 1.82) is 0 Å². The smallest absolute Gasteiger partial charge is 0.0674 e. The fourth-order valence-electron chi connectivity index (χ4n) is 2.68. The molecule has 15 heavy (non-hydrogen) atoms. The molecular weight excluding hydrogens is 204 g/mol. The Labute approximate surface area is 98.2 Å². The van der Waals surface area contributed by atoms with E-state index in [1.807, 2.05) is 0 Å². The van der Waals surface area contributed by atoms with Crippen LogP contribution in [0.1, 0.15) is 40.5 Å². The number of hydrogen-bond acceptors (Lipinski definition) is 3. The lowest BCUT2D eigenvalue weighted by Crippen LogP contribution is -2.54. The summed E-state index contributed by atoms with van der Waals surface area (Å²) in [6.07, 6.45) is 2.61. The predicted octanol–water partition coefficient (Wildman–Crippen LogP) is 2.30. The maximum Gasteiger partial charge on any atom is 0.0674 e. The van der Waals surface area contributed by atoms with Crippen molar-refractivity contribution in [3.05, 3.63) is 0 Å². The second-order valence-corrected chi connectivity index (χ2v) is 7.28. The quantitative estimate of drug-likeness (QED) is 0.741. The van der Waals surface area contributed by atoms with E-state index in [0.29, 0.717) is 16.5 Å². The van der Waals surface area contributed by atoms with Crippen LogP contribution in [0.25, 0.3) is 0 Å². The van der Waals surface area contributed by atoms with E-state index in [4.69, 9.17) is 0 Å². The normalized spacial score (nSPS) is 30.2. The fraction of sp³-hybridized carbons (Fsp3) is 1.00. The molecule has 88 valence electrons. The van der Waals surface area contributed by atoms with Crippen molar-refractivity contribution in [3.8, 4) is 0 Å². The molecule has 1 spiro atoms. The molecule has 0 atom stereocenters. The Bertz CT molecular complexity index is 230. The van der Waals surface area contributed by atoms with Crippen LogP contribution in [-0.4, -0.2) is 40.2 Å². The van der Waals surface area contributed by atoms with Crippen molar-refractivity contribution in [1.82, 2.24) is 10.2 Å². The van der Waals surface area contributed by atoms with Crippen molar-refractivity contribution in [2.75, 3.05) is 18.8 Å². The van der Waals surface area contributed by atoms with Crippen LogP contribution in [0, 0.1) is 0 Å². The van der Waals surface area contributed by atoms with Gasteiger partial charge in [-0.3, -0.25) is 5.32 Å². The molecule has 0 radical (unpaired) electrons. The van der Waals surface area contributed by atoms with Crippen LogP contribution in [0.3, 0.4) is 0 Å². The summed E-state index contributed by atoms with van der Waals surface area (Å²) < 4.78 is 0. The van der Waals surface area contributed by atoms with E-state index in [2.05, 4.69) is 49.7 Å². The van der Waals surface area contributed by atoms with Gasteiger partial charge < -0.3 is 4.90 Å². The summed E-state index contributed by atoms with van der Waals surface area (Å²) in [5.41, 5.74) is 0.338. The Morgan fingerprint density at radius 2 is 1.80 bits per heavy atom. The van der Waals surface area contributed by atoms with Crippen LogP contribution in [0.4, 0.5) is 0 Å². The fourth-order valence-corrected chi connectivity index (χ4v) is 4.21. The molecule has 0 saturated carbocycles. The lowest BCUT2D eigenvalue weighted by molar-refractivity contribution is 0.143. The molecule has 0 amide bonds. The molecular formula is C12H24N2S. The summed E-state index contributed by atoms with van der Waals surface area (Å²) in [4.78, 5) is 2.99. The predicted molar refractivity (Wildman–Crippen MR) is 68.3 cm³/mol. The van der Waals surface area contributed by atoms with Crippen molar-refractivity contribution >= 4 is 11.8 Å². The average molecular weight is 228 g/mol. The second-order valence-electron chi connectivity index (χ2n) is 5.92. The highest BCUT2D eigenvalue weighted by Crippen LogP contribution is 2.42. The zero-order valence-electron chi connectivity index (χ0n) is 10.5. The minimum atomic E-state index is 0.338. The van der Waals surface area contributed by atoms with Crippen LogP contribution in [0.2, 0.25) is 0 Å². The molecule has 1 N–H and O–H groups in total. The van der Waals surface area contributed by atoms with Crippen molar-refractivity contribution in [2.24, 2.45) is 0 Å². The molecule has 2 heterocycles. The third kappa shape index (κ3) is 2.51. The Morgan fingerprint density at radius 3 is 2.20 bits per heavy atom. The number of piperidine rings is 1. The van der Waals surface area contributed by atoms with E-state index in [1.54, 1.807) is 0 Å². The molecule has 0 aromatic carbocycles. The van der Waals surface area contributed by atoms with Gasteiger partial charge in [-0.25, -0.2) is 0 Å². The van der Waals surface area contributed by atoms with E-state index < -0.39 is 0 Å². The molecule has 3 heteroatoms. The molecule has 0 aliphatic carbocycles. The van der Waals surface area contributed by atoms with Crippen LogP contribution in [0.15, 0.2) is 0 Å². The summed E-state index contributed by atoms with van der Waals surface area (Å²) in [5, 5.41) is 3.84. The van der Waals surface area contributed by atoms with Crippen LogP contribution in [-0.2, 0) is 0 Å². The molecule has 2 nitrogen and oxygen atoms in total. The van der Waals surface area contributed by atoms with E-state index in [9.17, 15) is 0 Å². The molecule has 0 aromatic heterocycles. The van der Waals surface area contributed by atoms with Gasteiger partial charge in [0.05, 0.1) is 4.87 Å². The van der Waals surface area contributed by atoms with E-state index in [0.717, 1.165) is 0 Å². The zero-order valence-corrected chi connectivity index (χ0v) is 11.3. The first-order chi connectivity index (χ1) is 6.93. The second kappa shape index (κ2) is 3.94. The molecule has 0 bridgehead atoms. The third-order valence-electron chi connectivity index (χ3n) is 3.61. The Hall–Kier alpha value is 0.270. The number of thioether (sulfide) groups is 1. The summed E-state index contributed by atoms with van der Waals surface area (Å²) in [7, 11) is 0. The van der Waals surface area contributed by atoms with Gasteiger partial charge in [-0.15, -0.1) is 11.8 Å². The Morgan fingerprint density at radius 1 is 1.20 bits per heavy atom. The molecule has 2 fully saturated rings. The van der Waals surface area contributed by atoms with Gasteiger partial charge in [-0.2, -0.15) is 0 Å². The minimum Gasteiger partial charge on any atom is -0.301 e. The molecule has 0 aromatic rings. The zero-order chi connectivity index (χ0) is 11.1. The maximum absolute atomic E-state index is 3.84. The van der Waals surface area contributed by atoms with E-state index >= 15 is 0 Å². The summed E-state index contributed by atoms with van der Waals surface area (Å²) in [6, 6.07) is 0.710.